The summed E-state index contributed by atoms with van der Waals surface area (Å²) in [6.07, 6.45) is 0.0868. The van der Waals surface area contributed by atoms with E-state index in [-0.39, 0.29) is 18.1 Å². The minimum Gasteiger partial charge on any atom is -0.487 e. The molecule has 0 heterocycles. The lowest BCUT2D eigenvalue weighted by Gasteiger charge is -2.32. The number of carbonyl (C=O) groups is 1. The first kappa shape index (κ1) is 16.5. The van der Waals surface area contributed by atoms with E-state index in [9.17, 15) is 9.90 Å². The number of rotatable bonds is 8. The summed E-state index contributed by atoms with van der Waals surface area (Å²) < 4.78 is 11.3. The van der Waals surface area contributed by atoms with Crippen LogP contribution in [0.4, 0.5) is 0 Å². The lowest BCUT2D eigenvalue weighted by molar-refractivity contribution is -0.146. The molecule has 4 unspecified atom stereocenters. The monoisotopic (exact) mass is 280 g/mol. The van der Waals surface area contributed by atoms with E-state index >= 15 is 0 Å². The maximum absolute atomic E-state index is 11.3. The second-order valence-corrected chi connectivity index (χ2v) is 5.05. The van der Waals surface area contributed by atoms with Gasteiger partial charge in [0.25, 0.3) is 0 Å². The molecule has 4 nitrogen and oxygen atoms in total. The van der Waals surface area contributed by atoms with E-state index in [0.717, 1.165) is 5.75 Å². The summed E-state index contributed by atoms with van der Waals surface area (Å²) in [5, 5.41) is 9.32. The van der Waals surface area contributed by atoms with Crippen LogP contribution in [0.3, 0.4) is 0 Å². The number of carboxylic acids is 1. The van der Waals surface area contributed by atoms with Crippen LogP contribution in [0.2, 0.25) is 0 Å². The van der Waals surface area contributed by atoms with E-state index < -0.39 is 11.9 Å². The number of para-hydroxylation sites is 1. The molecule has 0 bridgehead atoms. The predicted molar refractivity (Wildman–Crippen MR) is 77.9 cm³/mol. The van der Waals surface area contributed by atoms with Crippen molar-refractivity contribution in [1.82, 2.24) is 0 Å². The molecule has 1 aromatic rings. The number of benzene rings is 1. The molecule has 20 heavy (non-hydrogen) atoms. The van der Waals surface area contributed by atoms with Crippen LogP contribution in [0.15, 0.2) is 30.3 Å². The smallest absolute Gasteiger partial charge is 0.306 e. The van der Waals surface area contributed by atoms with Crippen molar-refractivity contribution in [2.75, 3.05) is 7.11 Å². The number of hydrogen-bond donors (Lipinski definition) is 1. The quantitative estimate of drug-likeness (QED) is 0.794. The van der Waals surface area contributed by atoms with Crippen molar-refractivity contribution in [3.05, 3.63) is 30.3 Å². The Morgan fingerprint density at radius 3 is 2.30 bits per heavy atom. The molecule has 0 fully saturated rings. The van der Waals surface area contributed by atoms with Gasteiger partial charge in [0, 0.05) is 13.0 Å². The molecule has 0 aromatic heterocycles. The maximum atomic E-state index is 11.3. The Bertz CT molecular complexity index is 404. The molecular formula is C16H24O4. The molecule has 1 rings (SSSR count). The molecule has 0 amide bonds. The van der Waals surface area contributed by atoms with Gasteiger partial charge in [-0.05, 0) is 25.5 Å². The Balaban J connectivity index is 2.91. The Labute approximate surface area is 120 Å². The predicted octanol–water partition coefficient (Wildman–Crippen LogP) is 3.22. The first-order chi connectivity index (χ1) is 9.51. The van der Waals surface area contributed by atoms with Crippen LogP contribution >= 0.6 is 0 Å². The highest BCUT2D eigenvalue weighted by Crippen LogP contribution is 2.26. The van der Waals surface area contributed by atoms with E-state index in [1.807, 2.05) is 51.1 Å². The van der Waals surface area contributed by atoms with Crippen LogP contribution in [0.1, 0.15) is 27.2 Å². The van der Waals surface area contributed by atoms with E-state index in [0.29, 0.717) is 6.42 Å². The summed E-state index contributed by atoms with van der Waals surface area (Å²) in [5.74, 6) is -0.646. The number of hydrogen-bond acceptors (Lipinski definition) is 3. The van der Waals surface area contributed by atoms with Gasteiger partial charge in [-0.1, -0.05) is 32.0 Å². The summed E-state index contributed by atoms with van der Waals surface area (Å²) in [5.41, 5.74) is 0. The third-order valence-electron chi connectivity index (χ3n) is 3.76. The zero-order chi connectivity index (χ0) is 15.1. The Morgan fingerprint density at radius 2 is 1.85 bits per heavy atom. The maximum Gasteiger partial charge on any atom is 0.306 e. The van der Waals surface area contributed by atoms with Gasteiger partial charge in [-0.25, -0.2) is 0 Å². The van der Waals surface area contributed by atoms with E-state index in [1.165, 1.54) is 0 Å². The van der Waals surface area contributed by atoms with Gasteiger partial charge in [0.1, 0.15) is 11.9 Å². The minimum absolute atomic E-state index is 0.146. The van der Waals surface area contributed by atoms with Crippen LogP contribution in [-0.2, 0) is 9.53 Å². The first-order valence-corrected chi connectivity index (χ1v) is 6.98. The second kappa shape index (κ2) is 7.90. The number of carboxylic acid groups (broad SMARTS) is 1. The summed E-state index contributed by atoms with van der Waals surface area (Å²) >= 11 is 0. The van der Waals surface area contributed by atoms with E-state index in [2.05, 4.69) is 0 Å². The van der Waals surface area contributed by atoms with Crippen molar-refractivity contribution >= 4 is 5.97 Å². The topological polar surface area (TPSA) is 55.8 Å². The van der Waals surface area contributed by atoms with Crippen molar-refractivity contribution in [1.29, 1.82) is 0 Å². The molecule has 0 saturated heterocycles. The fourth-order valence-corrected chi connectivity index (χ4v) is 2.42. The highest BCUT2D eigenvalue weighted by atomic mass is 16.5. The van der Waals surface area contributed by atoms with Crippen molar-refractivity contribution in [3.8, 4) is 5.75 Å². The molecule has 0 aliphatic carbocycles. The third kappa shape index (κ3) is 4.23. The van der Waals surface area contributed by atoms with Gasteiger partial charge in [0.2, 0.25) is 0 Å². The standard InChI is InChI=1S/C16H24O4/c1-5-14(16(17)18)11(2)15(12(3)19-4)20-13-9-7-6-8-10-13/h6-12,14-15H,5H2,1-4H3,(H,17,18). The van der Waals surface area contributed by atoms with Crippen molar-refractivity contribution in [2.24, 2.45) is 11.8 Å². The van der Waals surface area contributed by atoms with Gasteiger partial charge in [-0.15, -0.1) is 0 Å². The van der Waals surface area contributed by atoms with Crippen LogP contribution in [-0.4, -0.2) is 30.4 Å². The lowest BCUT2D eigenvalue weighted by Crippen LogP contribution is -2.42. The van der Waals surface area contributed by atoms with Crippen LogP contribution in [0.25, 0.3) is 0 Å². The molecule has 4 atom stereocenters. The van der Waals surface area contributed by atoms with Gasteiger partial charge in [0.05, 0.1) is 12.0 Å². The molecule has 1 aromatic carbocycles. The Morgan fingerprint density at radius 1 is 1.25 bits per heavy atom. The SMILES string of the molecule is CCC(C(=O)O)C(C)C(Oc1ccccc1)C(C)OC. The first-order valence-electron chi connectivity index (χ1n) is 6.98. The molecule has 112 valence electrons. The molecule has 0 spiro atoms. The zero-order valence-corrected chi connectivity index (χ0v) is 12.6. The van der Waals surface area contributed by atoms with Crippen LogP contribution in [0.5, 0.6) is 5.75 Å². The van der Waals surface area contributed by atoms with Gasteiger partial charge < -0.3 is 14.6 Å². The van der Waals surface area contributed by atoms with Gasteiger partial charge in [-0.3, -0.25) is 4.79 Å². The molecule has 1 N–H and O–H groups in total. The summed E-state index contributed by atoms with van der Waals surface area (Å²) in [6.45, 7) is 5.69. The number of ether oxygens (including phenoxy) is 2. The number of aliphatic carboxylic acids is 1. The highest BCUT2D eigenvalue weighted by molar-refractivity contribution is 5.70. The van der Waals surface area contributed by atoms with E-state index in [1.54, 1.807) is 7.11 Å². The normalized spacial score (nSPS) is 17.0. The van der Waals surface area contributed by atoms with Gasteiger partial charge in [-0.2, -0.15) is 0 Å². The van der Waals surface area contributed by atoms with Gasteiger partial charge in [0.15, 0.2) is 0 Å². The molecule has 0 aliphatic rings. The largest absolute Gasteiger partial charge is 0.487 e. The molecule has 0 saturated carbocycles. The van der Waals surface area contributed by atoms with Crippen molar-refractivity contribution in [3.63, 3.8) is 0 Å². The highest BCUT2D eigenvalue weighted by Gasteiger charge is 2.34. The van der Waals surface area contributed by atoms with Crippen LogP contribution < -0.4 is 4.74 Å². The Hall–Kier alpha value is -1.55. The van der Waals surface area contributed by atoms with Crippen molar-refractivity contribution < 1.29 is 19.4 Å². The summed E-state index contributed by atoms with van der Waals surface area (Å²) in [6, 6.07) is 9.43. The lowest BCUT2D eigenvalue weighted by atomic mass is 9.85. The van der Waals surface area contributed by atoms with Crippen molar-refractivity contribution in [2.45, 2.75) is 39.4 Å². The summed E-state index contributed by atoms with van der Waals surface area (Å²) in [4.78, 5) is 11.3. The average molecular weight is 280 g/mol. The average Bonchev–Trinajstić information content (AvgIpc) is 2.45. The summed E-state index contributed by atoms with van der Waals surface area (Å²) in [7, 11) is 1.61. The fourth-order valence-electron chi connectivity index (χ4n) is 2.42. The second-order valence-electron chi connectivity index (χ2n) is 5.05. The van der Waals surface area contributed by atoms with Gasteiger partial charge >= 0.3 is 5.97 Å². The molecule has 4 heteroatoms. The molecule has 0 aliphatic heterocycles. The van der Waals surface area contributed by atoms with Crippen LogP contribution in [0, 0.1) is 11.8 Å². The molecule has 0 radical (unpaired) electrons. The third-order valence-corrected chi connectivity index (χ3v) is 3.76. The fraction of sp³-hybridized carbons (Fsp3) is 0.562. The number of methoxy groups -OCH3 is 1. The zero-order valence-electron chi connectivity index (χ0n) is 12.6. The van der Waals surface area contributed by atoms with E-state index in [4.69, 9.17) is 9.47 Å². The molecular weight excluding hydrogens is 256 g/mol. The minimum atomic E-state index is -0.787. The Kier molecular flexibility index (Phi) is 6.52.